The number of hydrogen-bond acceptors (Lipinski definition) is 3. The van der Waals surface area contributed by atoms with E-state index in [2.05, 4.69) is 0 Å². The van der Waals surface area contributed by atoms with Gasteiger partial charge in [0.2, 0.25) is 0 Å². The Hall–Kier alpha value is -1.17. The van der Waals surface area contributed by atoms with Crippen molar-refractivity contribution in [1.82, 2.24) is 0 Å². The molecule has 0 bridgehead atoms. The van der Waals surface area contributed by atoms with Gasteiger partial charge in [-0.25, -0.2) is 4.39 Å². The number of thiocarbonyl (C=S) groups is 1. The van der Waals surface area contributed by atoms with E-state index < -0.39 is 5.82 Å². The molecule has 0 unspecified atom stereocenters. The summed E-state index contributed by atoms with van der Waals surface area (Å²) in [7, 11) is 0. The van der Waals surface area contributed by atoms with Crippen LogP contribution in [-0.4, -0.2) is 4.99 Å². The summed E-state index contributed by atoms with van der Waals surface area (Å²) in [5.41, 5.74) is 5.89. The zero-order chi connectivity index (χ0) is 13.1. The smallest absolute Gasteiger partial charge is 0.165 e. The summed E-state index contributed by atoms with van der Waals surface area (Å²) in [5.74, 6) is -0.340. The molecule has 18 heavy (non-hydrogen) atoms. The summed E-state index contributed by atoms with van der Waals surface area (Å²) in [5, 5.41) is 2.48. The van der Waals surface area contributed by atoms with Gasteiger partial charge < -0.3 is 10.5 Å². The van der Waals surface area contributed by atoms with Crippen molar-refractivity contribution in [3.63, 3.8) is 0 Å². The molecule has 0 aliphatic rings. The monoisotopic (exact) mass is 301 g/mol. The molecule has 0 spiro atoms. The first kappa shape index (κ1) is 13.3. The van der Waals surface area contributed by atoms with Crippen LogP contribution < -0.4 is 10.5 Å². The van der Waals surface area contributed by atoms with Gasteiger partial charge in [0, 0.05) is 5.56 Å². The third-order valence-corrected chi connectivity index (χ3v) is 3.86. The Morgan fingerprint density at radius 2 is 2.22 bits per heavy atom. The first-order valence-electron chi connectivity index (χ1n) is 5.02. The molecule has 2 N–H and O–H groups in total. The Labute approximate surface area is 118 Å². The number of benzene rings is 1. The minimum Gasteiger partial charge on any atom is -0.485 e. The molecule has 0 radical (unpaired) electrons. The second-order valence-electron chi connectivity index (χ2n) is 3.49. The topological polar surface area (TPSA) is 35.2 Å². The van der Waals surface area contributed by atoms with E-state index in [0.29, 0.717) is 10.6 Å². The maximum atomic E-state index is 13.7. The Morgan fingerprint density at radius 3 is 2.78 bits per heavy atom. The van der Waals surface area contributed by atoms with Gasteiger partial charge in [0.05, 0.1) is 9.90 Å². The highest BCUT2D eigenvalue weighted by molar-refractivity contribution is 7.80. The SMILES string of the molecule is NC(=S)c1ccc(OCc2sccc2Cl)c(F)c1. The molecule has 0 atom stereocenters. The van der Waals surface area contributed by atoms with Crippen molar-refractivity contribution in [1.29, 1.82) is 0 Å². The van der Waals surface area contributed by atoms with Gasteiger partial charge in [0.15, 0.2) is 11.6 Å². The molecule has 1 aromatic carbocycles. The van der Waals surface area contributed by atoms with Crippen molar-refractivity contribution >= 4 is 40.1 Å². The highest BCUT2D eigenvalue weighted by atomic mass is 35.5. The molecule has 2 nitrogen and oxygen atoms in total. The standard InChI is InChI=1S/C12H9ClFNOS2/c13-8-3-4-18-11(8)6-16-10-2-1-7(12(15)17)5-9(10)14/h1-5H,6H2,(H2,15,17). The van der Waals surface area contributed by atoms with E-state index in [1.807, 2.05) is 5.38 Å². The number of thiophene rings is 1. The predicted octanol–water partition coefficient (Wildman–Crippen LogP) is 3.75. The predicted molar refractivity (Wildman–Crippen MR) is 75.9 cm³/mol. The van der Waals surface area contributed by atoms with Gasteiger partial charge in [-0.2, -0.15) is 0 Å². The van der Waals surface area contributed by atoms with E-state index in [-0.39, 0.29) is 17.3 Å². The van der Waals surface area contributed by atoms with Crippen molar-refractivity contribution in [2.24, 2.45) is 5.73 Å². The van der Waals surface area contributed by atoms with Crippen molar-refractivity contribution in [3.8, 4) is 5.75 Å². The van der Waals surface area contributed by atoms with Gasteiger partial charge in [-0.15, -0.1) is 11.3 Å². The van der Waals surface area contributed by atoms with Gasteiger partial charge in [-0.1, -0.05) is 23.8 Å². The molecule has 1 aromatic heterocycles. The van der Waals surface area contributed by atoms with E-state index in [0.717, 1.165) is 4.88 Å². The summed E-state index contributed by atoms with van der Waals surface area (Å²) < 4.78 is 19.0. The Balaban J connectivity index is 2.11. The minimum atomic E-state index is -0.493. The maximum Gasteiger partial charge on any atom is 0.165 e. The average molecular weight is 302 g/mol. The highest BCUT2D eigenvalue weighted by Gasteiger charge is 2.08. The van der Waals surface area contributed by atoms with Gasteiger partial charge in [-0.05, 0) is 29.6 Å². The molecule has 6 heteroatoms. The average Bonchev–Trinajstić information content (AvgIpc) is 2.73. The van der Waals surface area contributed by atoms with Gasteiger partial charge in [0.25, 0.3) is 0 Å². The van der Waals surface area contributed by atoms with Gasteiger partial charge >= 0.3 is 0 Å². The number of ether oxygens (including phenoxy) is 1. The lowest BCUT2D eigenvalue weighted by Gasteiger charge is -2.07. The Bertz CT molecular complexity index is 585. The molecule has 2 rings (SSSR count). The van der Waals surface area contributed by atoms with Crippen LogP contribution in [0, 0.1) is 5.82 Å². The lowest BCUT2D eigenvalue weighted by Crippen LogP contribution is -2.09. The summed E-state index contributed by atoms with van der Waals surface area (Å²) in [6, 6.07) is 6.16. The van der Waals surface area contributed by atoms with Gasteiger partial charge in [-0.3, -0.25) is 0 Å². The molecule has 1 heterocycles. The van der Waals surface area contributed by atoms with E-state index >= 15 is 0 Å². The Kier molecular flexibility index (Phi) is 4.16. The van der Waals surface area contributed by atoms with Crippen LogP contribution in [0.4, 0.5) is 4.39 Å². The number of rotatable bonds is 4. The fraction of sp³-hybridized carbons (Fsp3) is 0.0833. The molecule has 0 fully saturated rings. The zero-order valence-electron chi connectivity index (χ0n) is 9.15. The third-order valence-electron chi connectivity index (χ3n) is 2.27. The summed E-state index contributed by atoms with van der Waals surface area (Å²) >= 11 is 12.1. The molecule has 0 aliphatic carbocycles. The van der Waals surface area contributed by atoms with Gasteiger partial charge in [0.1, 0.15) is 11.6 Å². The normalized spacial score (nSPS) is 10.3. The molecule has 0 aliphatic heterocycles. The van der Waals surface area contributed by atoms with Crippen LogP contribution in [0.5, 0.6) is 5.75 Å². The summed E-state index contributed by atoms with van der Waals surface area (Å²) in [4.78, 5) is 1.01. The van der Waals surface area contributed by atoms with E-state index in [1.54, 1.807) is 12.1 Å². The van der Waals surface area contributed by atoms with Crippen molar-refractivity contribution in [3.05, 3.63) is 50.9 Å². The van der Waals surface area contributed by atoms with Crippen LogP contribution in [0.1, 0.15) is 10.4 Å². The van der Waals surface area contributed by atoms with Crippen molar-refractivity contribution in [2.45, 2.75) is 6.61 Å². The summed E-state index contributed by atoms with van der Waals surface area (Å²) in [6.45, 7) is 0.236. The molecule has 94 valence electrons. The van der Waals surface area contributed by atoms with Crippen molar-refractivity contribution in [2.75, 3.05) is 0 Å². The van der Waals surface area contributed by atoms with Crippen molar-refractivity contribution < 1.29 is 9.13 Å². The first-order valence-corrected chi connectivity index (χ1v) is 6.68. The second-order valence-corrected chi connectivity index (χ2v) is 5.34. The lowest BCUT2D eigenvalue weighted by atomic mass is 10.2. The van der Waals surface area contributed by atoms with Crippen LogP contribution in [0.2, 0.25) is 5.02 Å². The second kappa shape index (κ2) is 5.65. The summed E-state index contributed by atoms with van der Waals surface area (Å²) in [6.07, 6.45) is 0. The number of halogens is 2. The third kappa shape index (κ3) is 2.98. The first-order chi connectivity index (χ1) is 8.58. The fourth-order valence-corrected chi connectivity index (χ4v) is 2.47. The molecular weight excluding hydrogens is 293 g/mol. The minimum absolute atomic E-state index is 0.152. The maximum absolute atomic E-state index is 13.7. The lowest BCUT2D eigenvalue weighted by molar-refractivity contribution is 0.293. The van der Waals surface area contributed by atoms with Crippen LogP contribution in [0.15, 0.2) is 29.6 Å². The van der Waals surface area contributed by atoms with Crippen LogP contribution >= 0.6 is 35.2 Å². The van der Waals surface area contributed by atoms with E-state index in [4.69, 9.17) is 34.3 Å². The largest absolute Gasteiger partial charge is 0.485 e. The van der Waals surface area contributed by atoms with Crippen LogP contribution in [-0.2, 0) is 6.61 Å². The number of hydrogen-bond donors (Lipinski definition) is 1. The molecule has 2 aromatic rings. The van der Waals surface area contributed by atoms with E-state index in [1.165, 1.54) is 23.5 Å². The molecule has 0 amide bonds. The highest BCUT2D eigenvalue weighted by Crippen LogP contribution is 2.25. The fourth-order valence-electron chi connectivity index (χ4n) is 1.34. The quantitative estimate of drug-likeness (QED) is 0.874. The van der Waals surface area contributed by atoms with Crippen LogP contribution in [0.25, 0.3) is 0 Å². The zero-order valence-corrected chi connectivity index (χ0v) is 11.5. The van der Waals surface area contributed by atoms with Crippen LogP contribution in [0.3, 0.4) is 0 Å². The molecular formula is C12H9ClFNOS2. The molecule has 0 saturated carbocycles. The number of nitrogens with two attached hydrogens (primary N) is 1. The molecule has 0 saturated heterocycles. The van der Waals surface area contributed by atoms with E-state index in [9.17, 15) is 4.39 Å². The Morgan fingerprint density at radius 1 is 1.44 bits per heavy atom.